The van der Waals surface area contributed by atoms with Gasteiger partial charge in [-0.15, -0.1) is 0 Å². The Morgan fingerprint density at radius 2 is 1.97 bits per heavy atom. The van der Waals surface area contributed by atoms with Crippen LogP contribution in [-0.4, -0.2) is 41.2 Å². The van der Waals surface area contributed by atoms with Gasteiger partial charge in [-0.3, -0.25) is 9.69 Å². The molecule has 0 atom stereocenters. The van der Waals surface area contributed by atoms with Gasteiger partial charge in [0.1, 0.15) is 6.61 Å². The molecular weight excluding hydrogens is 650 g/mol. The minimum absolute atomic E-state index is 0.122. The lowest BCUT2D eigenvalue weighted by molar-refractivity contribution is -0.121. The van der Waals surface area contributed by atoms with Crippen LogP contribution in [-0.2, 0) is 11.4 Å². The number of aliphatic imine (C=N–C) groups is 1. The van der Waals surface area contributed by atoms with Gasteiger partial charge in [-0.25, -0.2) is 9.79 Å². The molecule has 1 aliphatic rings. The molecule has 0 saturated carbocycles. The first-order valence-corrected chi connectivity index (χ1v) is 13.4. The van der Waals surface area contributed by atoms with Gasteiger partial charge in [-0.05, 0) is 88.5 Å². The number of carbonyl (C=O) groups is 2. The summed E-state index contributed by atoms with van der Waals surface area (Å²) in [6, 6.07) is 15.1. The average molecular weight is 669 g/mol. The van der Waals surface area contributed by atoms with E-state index in [0.29, 0.717) is 37.3 Å². The second-order valence-corrected chi connectivity index (χ2v) is 10.8. The molecule has 3 aromatic rings. The maximum Gasteiger partial charge on any atom is 0.335 e. The van der Waals surface area contributed by atoms with Crippen LogP contribution in [0.5, 0.6) is 11.5 Å². The molecule has 0 radical (unpaired) electrons. The summed E-state index contributed by atoms with van der Waals surface area (Å²) in [6.07, 6.45) is 1.75. The number of carboxylic acids is 1. The molecule has 1 fully saturated rings. The lowest BCUT2D eigenvalue weighted by Gasteiger charge is -2.14. The highest BCUT2D eigenvalue weighted by Gasteiger charge is 2.30. The van der Waals surface area contributed by atoms with Crippen LogP contribution in [0.3, 0.4) is 0 Å². The third-order valence-corrected chi connectivity index (χ3v) is 7.71. The summed E-state index contributed by atoms with van der Waals surface area (Å²) in [7, 11) is 3.17. The number of likely N-dealkylation sites (N-methyl/N-ethyl adjacent to an activating group) is 1. The van der Waals surface area contributed by atoms with Crippen molar-refractivity contribution in [2.45, 2.75) is 6.61 Å². The van der Waals surface area contributed by atoms with E-state index in [1.165, 1.54) is 28.8 Å². The van der Waals surface area contributed by atoms with E-state index < -0.39 is 5.97 Å². The lowest BCUT2D eigenvalue weighted by atomic mass is 10.1. The van der Waals surface area contributed by atoms with Gasteiger partial charge in [0.15, 0.2) is 16.7 Å². The van der Waals surface area contributed by atoms with Crippen LogP contribution in [0.25, 0.3) is 6.08 Å². The van der Waals surface area contributed by atoms with Crippen molar-refractivity contribution in [2.75, 3.05) is 14.2 Å². The van der Waals surface area contributed by atoms with E-state index in [0.717, 1.165) is 14.7 Å². The number of amides is 1. The number of nitrogens with zero attached hydrogens (tertiary/aromatic N) is 2. The average Bonchev–Trinajstić information content (AvgIpc) is 3.11. The van der Waals surface area contributed by atoms with E-state index in [9.17, 15) is 14.7 Å². The number of carbonyl (C=O) groups excluding carboxylic acids is 1. The van der Waals surface area contributed by atoms with Crippen molar-refractivity contribution in [1.29, 1.82) is 0 Å². The quantitative estimate of drug-likeness (QED) is 0.213. The predicted octanol–water partition coefficient (Wildman–Crippen LogP) is 7.12. The molecule has 190 valence electrons. The second kappa shape index (κ2) is 11.8. The normalized spacial score (nSPS) is 15.5. The SMILES string of the molecule is COc1cc(/C=C2\SC(=Nc3cccc(C(=O)O)c3)N(C)C2=O)cc(I)c1OCc1ccc(Cl)cc1Cl. The first kappa shape index (κ1) is 27.3. The number of hydrogen-bond acceptors (Lipinski definition) is 6. The van der Waals surface area contributed by atoms with Crippen LogP contribution < -0.4 is 9.47 Å². The molecule has 11 heteroatoms. The molecule has 1 aliphatic heterocycles. The smallest absolute Gasteiger partial charge is 0.335 e. The minimum atomic E-state index is -1.04. The van der Waals surface area contributed by atoms with Crippen LogP contribution >= 0.6 is 57.6 Å². The predicted molar refractivity (Wildman–Crippen MR) is 155 cm³/mol. The number of benzene rings is 3. The number of halogens is 3. The van der Waals surface area contributed by atoms with E-state index in [2.05, 4.69) is 27.6 Å². The van der Waals surface area contributed by atoms with Crippen molar-refractivity contribution in [1.82, 2.24) is 4.90 Å². The molecule has 1 amide bonds. The van der Waals surface area contributed by atoms with Gasteiger partial charge in [-0.2, -0.15) is 0 Å². The zero-order valence-electron chi connectivity index (χ0n) is 19.5. The Bertz CT molecular complexity index is 1460. The molecule has 0 bridgehead atoms. The Morgan fingerprint density at radius 3 is 2.68 bits per heavy atom. The summed E-state index contributed by atoms with van der Waals surface area (Å²) >= 11 is 15.6. The fourth-order valence-corrected chi connectivity index (χ4v) is 5.60. The monoisotopic (exact) mass is 668 g/mol. The fourth-order valence-electron chi connectivity index (χ4n) is 3.37. The van der Waals surface area contributed by atoms with Gasteiger partial charge < -0.3 is 14.6 Å². The van der Waals surface area contributed by atoms with Gasteiger partial charge in [0.2, 0.25) is 0 Å². The van der Waals surface area contributed by atoms with Crippen LogP contribution in [0.15, 0.2) is 64.5 Å². The first-order chi connectivity index (χ1) is 17.7. The third-order valence-electron chi connectivity index (χ3n) is 5.26. The van der Waals surface area contributed by atoms with Crippen LogP contribution in [0.1, 0.15) is 21.5 Å². The van der Waals surface area contributed by atoms with Gasteiger partial charge in [0.05, 0.1) is 26.8 Å². The van der Waals surface area contributed by atoms with Gasteiger partial charge in [0.25, 0.3) is 5.91 Å². The Balaban J connectivity index is 1.57. The summed E-state index contributed by atoms with van der Waals surface area (Å²) in [4.78, 5) is 30.5. The largest absolute Gasteiger partial charge is 0.493 e. The highest BCUT2D eigenvalue weighted by atomic mass is 127. The van der Waals surface area contributed by atoms with Crippen molar-refractivity contribution < 1.29 is 24.2 Å². The molecule has 4 rings (SSSR count). The molecule has 0 aromatic heterocycles. The number of thioether (sulfide) groups is 1. The molecule has 37 heavy (non-hydrogen) atoms. The van der Waals surface area contributed by atoms with E-state index in [4.69, 9.17) is 32.7 Å². The molecule has 7 nitrogen and oxygen atoms in total. The van der Waals surface area contributed by atoms with Crippen molar-refractivity contribution in [3.8, 4) is 11.5 Å². The number of carboxylic acid groups (broad SMARTS) is 1. The number of amidine groups is 1. The van der Waals surface area contributed by atoms with Crippen molar-refractivity contribution in [2.24, 2.45) is 4.99 Å². The Hall–Kier alpha value is -2.73. The molecule has 3 aromatic carbocycles. The highest BCUT2D eigenvalue weighted by molar-refractivity contribution is 14.1. The zero-order chi connectivity index (χ0) is 26.7. The number of aromatic carboxylic acids is 1. The fraction of sp³-hybridized carbons (Fsp3) is 0.115. The first-order valence-electron chi connectivity index (χ1n) is 10.7. The standard InChI is InChI=1S/C26H19Cl2IN2O5S/c1-31-24(32)22(37-26(31)30-18-5-3-4-15(11-18)25(33)34)10-14-8-20(29)23(21(9-14)35-2)36-13-16-6-7-17(27)12-19(16)28/h3-12H,13H2,1-2H3,(H,33,34)/b22-10-,30-26?. The maximum absolute atomic E-state index is 12.9. The summed E-state index contributed by atoms with van der Waals surface area (Å²) in [5, 5.41) is 10.7. The van der Waals surface area contributed by atoms with Crippen molar-refractivity contribution in [3.63, 3.8) is 0 Å². The van der Waals surface area contributed by atoms with Gasteiger partial charge in [0, 0.05) is 22.7 Å². The summed E-state index contributed by atoms with van der Waals surface area (Å²) in [5.41, 5.74) is 2.10. The number of ether oxygens (including phenoxy) is 2. The number of rotatable bonds is 7. The number of methoxy groups -OCH3 is 1. The van der Waals surface area contributed by atoms with Crippen molar-refractivity contribution in [3.05, 3.63) is 89.8 Å². The summed E-state index contributed by atoms with van der Waals surface area (Å²) < 4.78 is 12.4. The zero-order valence-corrected chi connectivity index (χ0v) is 24.0. The molecule has 1 saturated heterocycles. The Kier molecular flexibility index (Phi) is 8.68. The summed E-state index contributed by atoms with van der Waals surface area (Å²) in [5.74, 6) is -0.199. The summed E-state index contributed by atoms with van der Waals surface area (Å²) in [6.45, 7) is 0.227. The van der Waals surface area contributed by atoms with E-state index >= 15 is 0 Å². The maximum atomic E-state index is 12.9. The Labute approximate surface area is 241 Å². The van der Waals surface area contributed by atoms with E-state index in [1.807, 2.05) is 6.07 Å². The molecule has 0 unspecified atom stereocenters. The molecule has 1 heterocycles. The van der Waals surface area contributed by atoms with E-state index in [-0.39, 0.29) is 18.1 Å². The molecule has 0 spiro atoms. The van der Waals surface area contributed by atoms with Crippen LogP contribution in [0, 0.1) is 3.57 Å². The minimum Gasteiger partial charge on any atom is -0.493 e. The molecule has 1 N–H and O–H groups in total. The van der Waals surface area contributed by atoms with E-state index in [1.54, 1.807) is 56.6 Å². The molecular formula is C26H19Cl2IN2O5S. The van der Waals surface area contributed by atoms with Crippen molar-refractivity contribution >= 4 is 86.4 Å². The second-order valence-electron chi connectivity index (χ2n) is 7.78. The van der Waals surface area contributed by atoms with Crippen LogP contribution in [0.4, 0.5) is 5.69 Å². The Morgan fingerprint density at radius 1 is 1.19 bits per heavy atom. The van der Waals surface area contributed by atoms with Crippen LogP contribution in [0.2, 0.25) is 10.0 Å². The van der Waals surface area contributed by atoms with Gasteiger partial charge >= 0.3 is 5.97 Å². The number of hydrogen-bond donors (Lipinski definition) is 1. The topological polar surface area (TPSA) is 88.4 Å². The lowest BCUT2D eigenvalue weighted by Crippen LogP contribution is -2.23. The highest BCUT2D eigenvalue weighted by Crippen LogP contribution is 2.38. The van der Waals surface area contributed by atoms with Gasteiger partial charge in [-0.1, -0.05) is 35.3 Å². The third kappa shape index (κ3) is 6.40. The molecule has 0 aliphatic carbocycles.